The maximum atomic E-state index is 10.7. The fourth-order valence-corrected chi connectivity index (χ4v) is 2.92. The maximum Gasteiger partial charge on any atom is 0.148 e. The van der Waals surface area contributed by atoms with Crippen molar-refractivity contribution in [1.29, 1.82) is 0 Å². The molecule has 0 spiro atoms. The van der Waals surface area contributed by atoms with Crippen LogP contribution in [0, 0.1) is 0 Å². The first kappa shape index (κ1) is 12.3. The molecule has 0 aliphatic heterocycles. The third kappa shape index (κ3) is 8.36. The van der Waals surface area contributed by atoms with E-state index in [0.717, 1.165) is 5.75 Å². The van der Waals surface area contributed by atoms with Crippen molar-refractivity contribution in [2.24, 2.45) is 0 Å². The van der Waals surface area contributed by atoms with Crippen LogP contribution in [0.2, 0.25) is 0 Å². The normalized spacial score (nSPS) is 14.6. The molecule has 0 aliphatic rings. The summed E-state index contributed by atoms with van der Waals surface area (Å²) in [6, 6.07) is 0.453. The highest BCUT2D eigenvalue weighted by Gasteiger charge is 2.02. The van der Waals surface area contributed by atoms with Crippen LogP contribution < -0.4 is 5.32 Å². The van der Waals surface area contributed by atoms with Crippen LogP contribution in [-0.4, -0.2) is 45.0 Å². The van der Waals surface area contributed by atoms with E-state index in [0.29, 0.717) is 11.8 Å². The lowest BCUT2D eigenvalue weighted by atomic mass is 10.4. The molecule has 0 heterocycles. The van der Waals surface area contributed by atoms with Gasteiger partial charge in [-0.3, -0.25) is 0 Å². The van der Waals surface area contributed by atoms with Gasteiger partial charge in [-0.1, -0.05) is 0 Å². The minimum absolute atomic E-state index is 0.286. The lowest BCUT2D eigenvalue weighted by molar-refractivity contribution is 0.603. The molecule has 74 valence electrons. The SMILES string of the molecule is CNC(C)CSCCS(C)(=O)=O. The van der Waals surface area contributed by atoms with Crippen molar-refractivity contribution in [2.45, 2.75) is 13.0 Å². The van der Waals surface area contributed by atoms with Gasteiger partial charge in [0.25, 0.3) is 0 Å². The van der Waals surface area contributed by atoms with Crippen LogP contribution in [-0.2, 0) is 9.84 Å². The molecule has 1 N–H and O–H groups in total. The van der Waals surface area contributed by atoms with Crippen molar-refractivity contribution in [3.05, 3.63) is 0 Å². The molecular weight excluding hydrogens is 194 g/mol. The molecule has 0 saturated heterocycles. The first-order chi connectivity index (χ1) is 5.45. The Kier molecular flexibility index (Phi) is 5.96. The van der Waals surface area contributed by atoms with E-state index < -0.39 is 9.84 Å². The van der Waals surface area contributed by atoms with E-state index in [1.165, 1.54) is 6.26 Å². The van der Waals surface area contributed by atoms with E-state index in [1.54, 1.807) is 11.8 Å². The van der Waals surface area contributed by atoms with Crippen LogP contribution in [0.5, 0.6) is 0 Å². The number of hydrogen-bond donors (Lipinski definition) is 1. The summed E-state index contributed by atoms with van der Waals surface area (Å²) >= 11 is 1.67. The molecule has 0 amide bonds. The second kappa shape index (κ2) is 5.83. The molecule has 0 radical (unpaired) electrons. The Hall–Kier alpha value is 0.260. The highest BCUT2D eigenvalue weighted by atomic mass is 32.2. The van der Waals surface area contributed by atoms with E-state index in [-0.39, 0.29) is 5.75 Å². The van der Waals surface area contributed by atoms with Gasteiger partial charge >= 0.3 is 0 Å². The zero-order valence-corrected chi connectivity index (χ0v) is 9.46. The van der Waals surface area contributed by atoms with E-state index in [2.05, 4.69) is 12.2 Å². The summed E-state index contributed by atoms with van der Waals surface area (Å²) in [6.45, 7) is 2.08. The fraction of sp³-hybridized carbons (Fsp3) is 1.00. The lowest BCUT2D eigenvalue weighted by Crippen LogP contribution is -2.24. The highest BCUT2D eigenvalue weighted by Crippen LogP contribution is 2.03. The largest absolute Gasteiger partial charge is 0.316 e. The Balaban J connectivity index is 3.34. The average Bonchev–Trinajstić information content (AvgIpc) is 1.96. The molecule has 1 atom stereocenters. The Morgan fingerprint density at radius 1 is 1.50 bits per heavy atom. The zero-order valence-electron chi connectivity index (χ0n) is 7.83. The van der Waals surface area contributed by atoms with E-state index in [4.69, 9.17) is 0 Å². The lowest BCUT2D eigenvalue weighted by Gasteiger charge is -2.08. The van der Waals surface area contributed by atoms with Crippen molar-refractivity contribution < 1.29 is 8.42 Å². The van der Waals surface area contributed by atoms with Gasteiger partial charge in [-0.05, 0) is 14.0 Å². The average molecular weight is 211 g/mol. The Morgan fingerprint density at radius 2 is 2.08 bits per heavy atom. The number of thioether (sulfide) groups is 1. The fourth-order valence-electron chi connectivity index (χ4n) is 0.554. The van der Waals surface area contributed by atoms with E-state index in [1.807, 2.05) is 7.05 Å². The van der Waals surface area contributed by atoms with Crippen LogP contribution in [0.15, 0.2) is 0 Å². The number of rotatable bonds is 6. The Bertz CT molecular complexity index is 201. The maximum absolute atomic E-state index is 10.7. The number of sulfone groups is 1. The minimum Gasteiger partial charge on any atom is -0.316 e. The predicted octanol–water partition coefficient (Wildman–Crippen LogP) is 0.372. The molecular formula is C7H17NO2S2. The molecule has 0 aromatic rings. The van der Waals surface area contributed by atoms with Crippen LogP contribution in [0.25, 0.3) is 0 Å². The van der Waals surface area contributed by atoms with Gasteiger partial charge in [0, 0.05) is 23.8 Å². The zero-order chi connectivity index (χ0) is 9.61. The summed E-state index contributed by atoms with van der Waals surface area (Å²) in [5.41, 5.74) is 0. The monoisotopic (exact) mass is 211 g/mol. The molecule has 0 rings (SSSR count). The molecule has 0 saturated carbocycles. The smallest absolute Gasteiger partial charge is 0.148 e. The van der Waals surface area contributed by atoms with Gasteiger partial charge < -0.3 is 5.32 Å². The predicted molar refractivity (Wildman–Crippen MR) is 55.6 cm³/mol. The molecule has 0 aliphatic carbocycles. The molecule has 12 heavy (non-hydrogen) atoms. The minimum atomic E-state index is -2.77. The van der Waals surface area contributed by atoms with Gasteiger partial charge in [-0.2, -0.15) is 11.8 Å². The molecule has 0 aromatic carbocycles. The van der Waals surface area contributed by atoms with Crippen LogP contribution in [0.4, 0.5) is 0 Å². The third-order valence-electron chi connectivity index (χ3n) is 1.46. The molecule has 1 unspecified atom stereocenters. The molecule has 0 aromatic heterocycles. The summed E-state index contributed by atoms with van der Waals surface area (Å²) in [6.07, 6.45) is 1.27. The first-order valence-corrected chi connectivity index (χ1v) is 7.10. The van der Waals surface area contributed by atoms with Gasteiger partial charge in [0.15, 0.2) is 0 Å². The van der Waals surface area contributed by atoms with Crippen LogP contribution in [0.3, 0.4) is 0 Å². The van der Waals surface area contributed by atoms with Crippen LogP contribution in [0.1, 0.15) is 6.92 Å². The van der Waals surface area contributed by atoms with Gasteiger partial charge in [0.1, 0.15) is 9.84 Å². The third-order valence-corrected chi connectivity index (χ3v) is 3.89. The summed E-state index contributed by atoms with van der Waals surface area (Å²) in [5, 5.41) is 3.09. The molecule has 0 bridgehead atoms. The summed E-state index contributed by atoms with van der Waals surface area (Å²) in [5.74, 6) is 1.95. The summed E-state index contributed by atoms with van der Waals surface area (Å²) in [4.78, 5) is 0. The second-order valence-electron chi connectivity index (χ2n) is 2.89. The summed E-state index contributed by atoms with van der Waals surface area (Å²) < 4.78 is 21.4. The molecule has 5 heteroatoms. The standard InChI is InChI=1S/C7H17NO2S2/c1-7(8-2)6-11-4-5-12(3,9)10/h7-8H,4-6H2,1-3H3. The van der Waals surface area contributed by atoms with Crippen molar-refractivity contribution in [2.75, 3.05) is 30.6 Å². The Labute approximate surface area is 79.2 Å². The highest BCUT2D eigenvalue weighted by molar-refractivity contribution is 8.00. The second-order valence-corrected chi connectivity index (χ2v) is 6.30. The molecule has 3 nitrogen and oxygen atoms in total. The van der Waals surface area contributed by atoms with Gasteiger partial charge in [0.2, 0.25) is 0 Å². The van der Waals surface area contributed by atoms with E-state index >= 15 is 0 Å². The molecule has 0 fully saturated rings. The first-order valence-electron chi connectivity index (χ1n) is 3.88. The Morgan fingerprint density at radius 3 is 2.50 bits per heavy atom. The number of hydrogen-bond acceptors (Lipinski definition) is 4. The van der Waals surface area contributed by atoms with Crippen molar-refractivity contribution in [3.63, 3.8) is 0 Å². The van der Waals surface area contributed by atoms with Gasteiger partial charge in [-0.15, -0.1) is 0 Å². The summed E-state index contributed by atoms with van der Waals surface area (Å²) in [7, 11) is -0.865. The van der Waals surface area contributed by atoms with Crippen molar-refractivity contribution in [1.82, 2.24) is 5.32 Å². The number of nitrogens with one attached hydrogen (secondary N) is 1. The van der Waals surface area contributed by atoms with Crippen molar-refractivity contribution >= 4 is 21.6 Å². The topological polar surface area (TPSA) is 46.2 Å². The quantitative estimate of drug-likeness (QED) is 0.645. The van der Waals surface area contributed by atoms with Gasteiger partial charge in [-0.25, -0.2) is 8.42 Å². The van der Waals surface area contributed by atoms with Crippen molar-refractivity contribution in [3.8, 4) is 0 Å². The van der Waals surface area contributed by atoms with E-state index in [9.17, 15) is 8.42 Å². The van der Waals surface area contributed by atoms with Gasteiger partial charge in [0.05, 0.1) is 5.75 Å². The van der Waals surface area contributed by atoms with Crippen LogP contribution >= 0.6 is 11.8 Å².